The number of halogens is 1. The predicted molar refractivity (Wildman–Crippen MR) is 118 cm³/mol. The molecule has 1 aliphatic rings. The quantitative estimate of drug-likeness (QED) is 0.576. The summed E-state index contributed by atoms with van der Waals surface area (Å²) in [5.41, 5.74) is 1.45. The molecule has 29 heavy (non-hydrogen) atoms. The van der Waals surface area contributed by atoms with E-state index in [0.717, 1.165) is 23.7 Å². The van der Waals surface area contributed by atoms with E-state index in [9.17, 15) is 14.4 Å². The van der Waals surface area contributed by atoms with Gasteiger partial charge in [-0.1, -0.05) is 31.2 Å². The van der Waals surface area contributed by atoms with Crippen molar-refractivity contribution in [1.82, 2.24) is 4.90 Å². The van der Waals surface area contributed by atoms with E-state index in [1.54, 1.807) is 36.4 Å². The minimum Gasteiger partial charge on any atom is -0.483 e. The van der Waals surface area contributed by atoms with Crippen LogP contribution in [0.15, 0.2) is 57.9 Å². The average Bonchev–Trinajstić information content (AvgIpc) is 2.96. The Labute approximate surface area is 181 Å². The molecule has 0 bridgehead atoms. The van der Waals surface area contributed by atoms with Gasteiger partial charge in [-0.05, 0) is 70.0 Å². The molecule has 0 saturated carbocycles. The van der Waals surface area contributed by atoms with Gasteiger partial charge in [0.05, 0.1) is 9.38 Å². The maximum absolute atomic E-state index is 12.3. The first kappa shape index (κ1) is 21.1. The van der Waals surface area contributed by atoms with Crippen LogP contribution in [0, 0.1) is 0 Å². The van der Waals surface area contributed by atoms with E-state index in [1.165, 1.54) is 4.90 Å². The second-order valence-electron chi connectivity index (χ2n) is 6.23. The van der Waals surface area contributed by atoms with Crippen molar-refractivity contribution >= 4 is 56.5 Å². The highest BCUT2D eigenvalue weighted by molar-refractivity contribution is 9.10. The van der Waals surface area contributed by atoms with Crippen molar-refractivity contribution in [3.05, 3.63) is 63.5 Å². The number of hydrogen-bond acceptors (Lipinski definition) is 5. The molecular formula is C21H19BrN2O4S. The van der Waals surface area contributed by atoms with Crippen LogP contribution in [0.25, 0.3) is 6.08 Å². The molecule has 1 aliphatic heterocycles. The molecule has 2 aromatic carbocycles. The van der Waals surface area contributed by atoms with Gasteiger partial charge in [-0.2, -0.15) is 0 Å². The van der Waals surface area contributed by atoms with Crippen molar-refractivity contribution < 1.29 is 19.1 Å². The Morgan fingerprint density at radius 2 is 1.97 bits per heavy atom. The minimum atomic E-state index is -0.268. The number of para-hydroxylation sites is 1. The molecule has 8 heteroatoms. The molecule has 150 valence electrons. The highest BCUT2D eigenvalue weighted by Crippen LogP contribution is 2.34. The van der Waals surface area contributed by atoms with Crippen LogP contribution in [0.5, 0.6) is 5.75 Å². The van der Waals surface area contributed by atoms with Crippen LogP contribution >= 0.6 is 27.7 Å². The molecule has 0 unspecified atom stereocenters. The summed E-state index contributed by atoms with van der Waals surface area (Å²) in [4.78, 5) is 37.9. The summed E-state index contributed by atoms with van der Waals surface area (Å²) >= 11 is 4.36. The van der Waals surface area contributed by atoms with Gasteiger partial charge in [-0.15, -0.1) is 0 Å². The van der Waals surface area contributed by atoms with E-state index in [1.807, 2.05) is 25.1 Å². The van der Waals surface area contributed by atoms with Gasteiger partial charge in [0.15, 0.2) is 6.61 Å². The number of nitrogens with one attached hydrogen (secondary N) is 1. The Kier molecular flexibility index (Phi) is 7.11. The molecule has 6 nitrogen and oxygen atoms in total. The highest BCUT2D eigenvalue weighted by atomic mass is 79.9. The van der Waals surface area contributed by atoms with Gasteiger partial charge in [0.2, 0.25) is 0 Å². The molecule has 1 N–H and O–H groups in total. The molecule has 1 fully saturated rings. The number of hydrogen-bond donors (Lipinski definition) is 1. The summed E-state index contributed by atoms with van der Waals surface area (Å²) in [6.07, 6.45) is 2.40. The van der Waals surface area contributed by atoms with Crippen LogP contribution in [0.4, 0.5) is 10.5 Å². The number of ether oxygens (including phenoxy) is 1. The Morgan fingerprint density at radius 1 is 1.21 bits per heavy atom. The number of thioether (sulfide) groups is 1. The van der Waals surface area contributed by atoms with E-state index < -0.39 is 0 Å². The van der Waals surface area contributed by atoms with Gasteiger partial charge in [0, 0.05) is 12.2 Å². The molecule has 3 amide bonds. The van der Waals surface area contributed by atoms with Gasteiger partial charge in [-0.3, -0.25) is 19.3 Å². The Balaban J connectivity index is 1.62. The van der Waals surface area contributed by atoms with Gasteiger partial charge < -0.3 is 10.1 Å². The van der Waals surface area contributed by atoms with Crippen LogP contribution in [-0.4, -0.2) is 35.1 Å². The number of carbonyl (C=O) groups is 3. The van der Waals surface area contributed by atoms with Crippen LogP contribution in [0.3, 0.4) is 0 Å². The Hall–Kier alpha value is -2.58. The first-order chi connectivity index (χ1) is 14.0. The number of nitrogens with zero attached hydrogens (tertiary/aromatic N) is 1. The summed E-state index contributed by atoms with van der Waals surface area (Å²) in [6.45, 7) is 2.20. The molecule has 1 heterocycles. The smallest absolute Gasteiger partial charge is 0.293 e. The zero-order chi connectivity index (χ0) is 20.8. The lowest BCUT2D eigenvalue weighted by atomic mass is 10.2. The number of imide groups is 1. The van der Waals surface area contributed by atoms with Crippen molar-refractivity contribution in [2.45, 2.75) is 13.3 Å². The lowest BCUT2D eigenvalue weighted by molar-refractivity contribution is -0.122. The minimum absolute atomic E-state index is 0.136. The van der Waals surface area contributed by atoms with E-state index in [0.29, 0.717) is 27.4 Å². The highest BCUT2D eigenvalue weighted by Gasteiger charge is 2.34. The normalized spacial score (nSPS) is 15.1. The zero-order valence-corrected chi connectivity index (χ0v) is 18.1. The van der Waals surface area contributed by atoms with Crippen molar-refractivity contribution in [3.8, 4) is 5.75 Å². The molecule has 0 aromatic heterocycles. The zero-order valence-electron chi connectivity index (χ0n) is 15.7. The van der Waals surface area contributed by atoms with E-state index >= 15 is 0 Å². The maximum Gasteiger partial charge on any atom is 0.293 e. The van der Waals surface area contributed by atoms with E-state index in [4.69, 9.17) is 4.74 Å². The largest absolute Gasteiger partial charge is 0.483 e. The monoisotopic (exact) mass is 474 g/mol. The third-order valence-electron chi connectivity index (χ3n) is 3.99. The molecule has 1 saturated heterocycles. The fraction of sp³-hybridized carbons (Fsp3) is 0.190. The molecular weight excluding hydrogens is 456 g/mol. The number of carbonyl (C=O) groups excluding carboxylic acids is 3. The Morgan fingerprint density at radius 3 is 2.66 bits per heavy atom. The fourth-order valence-corrected chi connectivity index (χ4v) is 4.03. The summed E-state index contributed by atoms with van der Waals surface area (Å²) < 4.78 is 6.21. The van der Waals surface area contributed by atoms with Crippen molar-refractivity contribution in [1.29, 1.82) is 0 Å². The SMILES string of the molecule is CCCN1C(=O)S/C(=C/c2ccc(OCC(=O)Nc3ccccc3)c(Br)c2)C1=O. The standard InChI is InChI=1S/C21H19BrN2O4S/c1-2-10-24-20(26)18(29-21(24)27)12-14-8-9-17(16(22)11-14)28-13-19(25)23-15-6-4-3-5-7-15/h3-9,11-12H,2,10,13H2,1H3,(H,23,25)/b18-12+. The topological polar surface area (TPSA) is 75.7 Å². The number of rotatable bonds is 7. The average molecular weight is 475 g/mol. The second kappa shape index (κ2) is 9.76. The molecule has 0 aliphatic carbocycles. The fourth-order valence-electron chi connectivity index (χ4n) is 2.65. The summed E-state index contributed by atoms with van der Waals surface area (Å²) in [6, 6.07) is 14.4. The van der Waals surface area contributed by atoms with Crippen molar-refractivity contribution in [3.63, 3.8) is 0 Å². The first-order valence-corrected chi connectivity index (χ1v) is 10.6. The molecule has 0 radical (unpaired) electrons. The summed E-state index contributed by atoms with van der Waals surface area (Å²) in [7, 11) is 0. The predicted octanol–water partition coefficient (Wildman–Crippen LogP) is 4.91. The van der Waals surface area contributed by atoms with Crippen LogP contribution in [-0.2, 0) is 9.59 Å². The van der Waals surface area contributed by atoms with Gasteiger partial charge in [-0.25, -0.2) is 0 Å². The summed E-state index contributed by atoms with van der Waals surface area (Å²) in [5, 5.41) is 2.51. The van der Waals surface area contributed by atoms with Gasteiger partial charge in [0.25, 0.3) is 17.1 Å². The molecule has 2 aromatic rings. The second-order valence-corrected chi connectivity index (χ2v) is 8.07. The van der Waals surface area contributed by atoms with Crippen LogP contribution in [0.2, 0.25) is 0 Å². The number of benzene rings is 2. The van der Waals surface area contributed by atoms with E-state index in [2.05, 4.69) is 21.2 Å². The van der Waals surface area contributed by atoms with Gasteiger partial charge >= 0.3 is 0 Å². The number of amides is 3. The lowest BCUT2D eigenvalue weighted by Crippen LogP contribution is -2.28. The third-order valence-corrected chi connectivity index (χ3v) is 5.52. The summed E-state index contributed by atoms with van der Waals surface area (Å²) in [5.74, 6) is -0.0305. The van der Waals surface area contributed by atoms with Crippen molar-refractivity contribution in [2.24, 2.45) is 0 Å². The number of anilines is 1. The third kappa shape index (κ3) is 5.48. The van der Waals surface area contributed by atoms with Crippen LogP contribution < -0.4 is 10.1 Å². The molecule has 0 atom stereocenters. The van der Waals surface area contributed by atoms with Crippen molar-refractivity contribution in [2.75, 3.05) is 18.5 Å². The molecule has 0 spiro atoms. The van der Waals surface area contributed by atoms with Crippen LogP contribution in [0.1, 0.15) is 18.9 Å². The van der Waals surface area contributed by atoms with Gasteiger partial charge in [0.1, 0.15) is 5.75 Å². The molecule has 3 rings (SSSR count). The maximum atomic E-state index is 12.3. The first-order valence-electron chi connectivity index (χ1n) is 9.00. The lowest BCUT2D eigenvalue weighted by Gasteiger charge is -2.10. The van der Waals surface area contributed by atoms with E-state index in [-0.39, 0.29) is 23.7 Å². The Bertz CT molecular complexity index is 962.